The van der Waals surface area contributed by atoms with Crippen LogP contribution in [0.1, 0.15) is 24.4 Å². The van der Waals surface area contributed by atoms with E-state index >= 15 is 0 Å². The molecular formula is C12H18NOP. The van der Waals surface area contributed by atoms with E-state index in [0.29, 0.717) is 6.04 Å². The maximum absolute atomic E-state index is 5.42. The van der Waals surface area contributed by atoms with Crippen molar-refractivity contribution in [1.82, 2.24) is 4.90 Å². The molecule has 0 bridgehead atoms. The number of benzene rings is 1. The first kappa shape index (κ1) is 10.9. The molecule has 0 N–H and O–H groups in total. The second kappa shape index (κ2) is 4.96. The largest absolute Gasteiger partial charge is 0.496 e. The highest BCUT2D eigenvalue weighted by atomic mass is 31.0. The summed E-state index contributed by atoms with van der Waals surface area (Å²) in [6, 6.07) is 8.90. The first-order chi connectivity index (χ1) is 7.36. The SMILES string of the molecule is COc1ccccc1C1CCCN1CP. The monoisotopic (exact) mass is 223 g/mol. The fourth-order valence-corrected chi connectivity index (χ4v) is 2.78. The van der Waals surface area contributed by atoms with Crippen molar-refractivity contribution in [2.24, 2.45) is 0 Å². The molecule has 1 heterocycles. The summed E-state index contributed by atoms with van der Waals surface area (Å²) in [5, 5.41) is 0. The smallest absolute Gasteiger partial charge is 0.123 e. The van der Waals surface area contributed by atoms with Crippen LogP contribution in [0.15, 0.2) is 24.3 Å². The fraction of sp³-hybridized carbons (Fsp3) is 0.500. The lowest BCUT2D eigenvalue weighted by atomic mass is 10.0. The van der Waals surface area contributed by atoms with Crippen LogP contribution in [0.4, 0.5) is 0 Å². The molecule has 2 rings (SSSR count). The molecule has 0 amide bonds. The number of nitrogens with zero attached hydrogens (tertiary/aromatic N) is 1. The summed E-state index contributed by atoms with van der Waals surface area (Å²) in [4.78, 5) is 2.49. The molecule has 1 fully saturated rings. The topological polar surface area (TPSA) is 12.5 Å². The van der Waals surface area contributed by atoms with Crippen molar-refractivity contribution >= 4 is 9.24 Å². The lowest BCUT2D eigenvalue weighted by molar-refractivity contribution is 0.293. The molecule has 1 aliphatic rings. The summed E-state index contributed by atoms with van der Waals surface area (Å²) < 4.78 is 5.42. The third kappa shape index (κ3) is 2.16. The molecule has 2 atom stereocenters. The Kier molecular flexibility index (Phi) is 3.61. The van der Waals surface area contributed by atoms with Crippen LogP contribution in [0.3, 0.4) is 0 Å². The standard InChI is InChI=1S/C12H18NOP/c1-14-12-7-3-2-5-10(12)11-6-4-8-13(11)9-15/h2-3,5,7,11H,4,6,8-9,15H2,1H3. The third-order valence-corrected chi connectivity index (χ3v) is 3.57. The molecular weight excluding hydrogens is 205 g/mol. The summed E-state index contributed by atoms with van der Waals surface area (Å²) >= 11 is 0. The van der Waals surface area contributed by atoms with Crippen molar-refractivity contribution in [3.63, 3.8) is 0 Å². The van der Waals surface area contributed by atoms with Crippen LogP contribution in [0.5, 0.6) is 5.75 Å². The van der Waals surface area contributed by atoms with Gasteiger partial charge in [0.2, 0.25) is 0 Å². The predicted octanol–water partition coefficient (Wildman–Crippen LogP) is 2.66. The van der Waals surface area contributed by atoms with Gasteiger partial charge in [-0.05, 0) is 25.5 Å². The molecule has 1 aromatic carbocycles. The third-order valence-electron chi connectivity index (χ3n) is 3.10. The lowest BCUT2D eigenvalue weighted by Crippen LogP contribution is -2.21. The summed E-state index contributed by atoms with van der Waals surface area (Å²) in [6.45, 7) is 1.20. The van der Waals surface area contributed by atoms with E-state index in [-0.39, 0.29) is 0 Å². The van der Waals surface area contributed by atoms with Crippen LogP contribution in [0, 0.1) is 0 Å². The van der Waals surface area contributed by atoms with Crippen molar-refractivity contribution < 1.29 is 4.74 Å². The average molecular weight is 223 g/mol. The second-order valence-corrected chi connectivity index (χ2v) is 4.26. The molecule has 82 valence electrons. The number of hydrogen-bond acceptors (Lipinski definition) is 2. The highest BCUT2D eigenvalue weighted by Gasteiger charge is 2.26. The van der Waals surface area contributed by atoms with Gasteiger partial charge in [-0.3, -0.25) is 4.90 Å². The summed E-state index contributed by atoms with van der Waals surface area (Å²) in [5.74, 6) is 1.02. The van der Waals surface area contributed by atoms with Gasteiger partial charge in [-0.15, -0.1) is 9.24 Å². The Balaban J connectivity index is 2.27. The number of methoxy groups -OCH3 is 1. The van der Waals surface area contributed by atoms with Gasteiger partial charge in [-0.25, -0.2) is 0 Å². The minimum absolute atomic E-state index is 0.540. The quantitative estimate of drug-likeness (QED) is 0.730. The maximum Gasteiger partial charge on any atom is 0.123 e. The van der Waals surface area contributed by atoms with E-state index in [1.165, 1.54) is 24.9 Å². The minimum atomic E-state index is 0.540. The van der Waals surface area contributed by atoms with Crippen LogP contribution < -0.4 is 4.74 Å². The van der Waals surface area contributed by atoms with Gasteiger partial charge in [0.05, 0.1) is 7.11 Å². The molecule has 1 aromatic rings. The van der Waals surface area contributed by atoms with Gasteiger partial charge >= 0.3 is 0 Å². The van der Waals surface area contributed by atoms with Crippen LogP contribution in [-0.4, -0.2) is 24.8 Å². The van der Waals surface area contributed by atoms with Crippen molar-refractivity contribution in [3.8, 4) is 5.75 Å². The Bertz CT molecular complexity index is 329. The van der Waals surface area contributed by atoms with Gasteiger partial charge in [0.15, 0.2) is 0 Å². The van der Waals surface area contributed by atoms with E-state index in [0.717, 1.165) is 12.0 Å². The van der Waals surface area contributed by atoms with E-state index in [2.05, 4.69) is 32.3 Å². The molecule has 0 radical (unpaired) electrons. The van der Waals surface area contributed by atoms with Gasteiger partial charge in [-0.1, -0.05) is 18.2 Å². The highest BCUT2D eigenvalue weighted by Crippen LogP contribution is 2.36. The van der Waals surface area contributed by atoms with Gasteiger partial charge < -0.3 is 4.74 Å². The van der Waals surface area contributed by atoms with Gasteiger partial charge in [0, 0.05) is 17.9 Å². The number of rotatable bonds is 3. The van der Waals surface area contributed by atoms with Crippen LogP contribution in [0.25, 0.3) is 0 Å². The zero-order valence-corrected chi connectivity index (χ0v) is 10.3. The molecule has 15 heavy (non-hydrogen) atoms. The van der Waals surface area contributed by atoms with E-state index < -0.39 is 0 Å². The maximum atomic E-state index is 5.42. The molecule has 0 aliphatic carbocycles. The highest BCUT2D eigenvalue weighted by molar-refractivity contribution is 7.16. The van der Waals surface area contributed by atoms with Crippen molar-refractivity contribution in [2.45, 2.75) is 18.9 Å². The van der Waals surface area contributed by atoms with Gasteiger partial charge in [-0.2, -0.15) is 0 Å². The average Bonchev–Trinajstić information content (AvgIpc) is 2.76. The molecule has 0 saturated carbocycles. The Morgan fingerprint density at radius 1 is 1.47 bits per heavy atom. The van der Waals surface area contributed by atoms with E-state index in [9.17, 15) is 0 Å². The van der Waals surface area contributed by atoms with Crippen LogP contribution >= 0.6 is 9.24 Å². The molecule has 1 saturated heterocycles. The van der Waals surface area contributed by atoms with Crippen molar-refractivity contribution in [3.05, 3.63) is 29.8 Å². The first-order valence-electron chi connectivity index (χ1n) is 5.44. The van der Waals surface area contributed by atoms with Crippen molar-refractivity contribution in [2.75, 3.05) is 19.9 Å². The second-order valence-electron chi connectivity index (χ2n) is 3.89. The minimum Gasteiger partial charge on any atom is -0.496 e. The number of likely N-dealkylation sites (tertiary alicyclic amines) is 1. The normalized spacial score (nSPS) is 21.9. The molecule has 2 nitrogen and oxygen atoms in total. The first-order valence-corrected chi connectivity index (χ1v) is 6.25. The molecule has 3 heteroatoms. The van der Waals surface area contributed by atoms with E-state index in [1.54, 1.807) is 7.11 Å². The molecule has 2 unspecified atom stereocenters. The lowest BCUT2D eigenvalue weighted by Gasteiger charge is -2.24. The predicted molar refractivity (Wildman–Crippen MR) is 66.3 cm³/mol. The Morgan fingerprint density at radius 2 is 2.27 bits per heavy atom. The number of ether oxygens (including phenoxy) is 1. The van der Waals surface area contributed by atoms with Gasteiger partial charge in [0.1, 0.15) is 5.75 Å². The molecule has 0 spiro atoms. The van der Waals surface area contributed by atoms with E-state index in [1.807, 2.05) is 6.07 Å². The van der Waals surface area contributed by atoms with Crippen LogP contribution in [0.2, 0.25) is 0 Å². The fourth-order valence-electron chi connectivity index (χ4n) is 2.34. The Labute approximate surface area is 93.8 Å². The summed E-state index contributed by atoms with van der Waals surface area (Å²) in [6.07, 6.45) is 3.58. The van der Waals surface area contributed by atoms with Crippen molar-refractivity contribution in [1.29, 1.82) is 0 Å². The van der Waals surface area contributed by atoms with E-state index in [4.69, 9.17) is 4.74 Å². The zero-order valence-electron chi connectivity index (χ0n) is 9.15. The number of hydrogen-bond donors (Lipinski definition) is 0. The van der Waals surface area contributed by atoms with Crippen LogP contribution in [-0.2, 0) is 0 Å². The Hall–Kier alpha value is -0.590. The molecule has 1 aliphatic heterocycles. The summed E-state index contributed by atoms with van der Waals surface area (Å²) in [7, 11) is 4.56. The zero-order chi connectivity index (χ0) is 10.7. The number of para-hydroxylation sites is 1. The molecule has 0 aromatic heterocycles. The van der Waals surface area contributed by atoms with Gasteiger partial charge in [0.25, 0.3) is 0 Å². The summed E-state index contributed by atoms with van der Waals surface area (Å²) in [5.41, 5.74) is 1.33. The Morgan fingerprint density at radius 3 is 3.00 bits per heavy atom.